The largest absolute Gasteiger partial charge is 0.341 e. The van der Waals surface area contributed by atoms with Gasteiger partial charge in [0.2, 0.25) is 0 Å². The lowest BCUT2D eigenvalue weighted by Gasteiger charge is -2.21. The fourth-order valence-corrected chi connectivity index (χ4v) is 2.01. The Bertz CT molecular complexity index is 629. The van der Waals surface area contributed by atoms with Crippen LogP contribution in [-0.4, -0.2) is 20.1 Å². The third kappa shape index (κ3) is 2.61. The Balaban J connectivity index is 2.64. The smallest absolute Gasteiger partial charge is 0.321 e. The van der Waals surface area contributed by atoms with E-state index in [-0.39, 0.29) is 5.69 Å². The lowest BCUT2D eigenvalue weighted by molar-refractivity contribution is 0.249. The third-order valence-corrected chi connectivity index (χ3v) is 2.97. The van der Waals surface area contributed by atoms with Gasteiger partial charge in [0.25, 0.3) is 0 Å². The molecule has 20 heavy (non-hydrogen) atoms. The van der Waals surface area contributed by atoms with E-state index in [1.165, 1.54) is 20.2 Å². The van der Waals surface area contributed by atoms with Crippen molar-refractivity contribution in [3.63, 3.8) is 0 Å². The van der Waals surface area contributed by atoms with Gasteiger partial charge in [0, 0.05) is 25.7 Å². The molecule has 0 aliphatic rings. The van der Waals surface area contributed by atoms with Crippen molar-refractivity contribution in [2.24, 2.45) is 0 Å². The highest BCUT2D eigenvalue weighted by atomic mass is 19.1. The molecule has 0 aromatic heterocycles. The van der Waals surface area contributed by atoms with Crippen LogP contribution in [0.15, 0.2) is 42.5 Å². The number of rotatable bonds is 2. The second-order valence-electron chi connectivity index (χ2n) is 4.26. The van der Waals surface area contributed by atoms with E-state index in [9.17, 15) is 13.6 Å². The molecule has 1 N–H and O–H groups in total. The van der Waals surface area contributed by atoms with E-state index < -0.39 is 17.7 Å². The van der Waals surface area contributed by atoms with Crippen LogP contribution < -0.4 is 10.2 Å². The lowest BCUT2D eigenvalue weighted by Crippen LogP contribution is -2.35. The van der Waals surface area contributed by atoms with Crippen molar-refractivity contribution >= 4 is 11.7 Å². The minimum Gasteiger partial charge on any atom is -0.341 e. The van der Waals surface area contributed by atoms with Crippen molar-refractivity contribution in [3.8, 4) is 11.1 Å². The fourth-order valence-electron chi connectivity index (χ4n) is 2.01. The Morgan fingerprint density at radius 3 is 2.40 bits per heavy atom. The van der Waals surface area contributed by atoms with Gasteiger partial charge in [-0.25, -0.2) is 13.6 Å². The van der Waals surface area contributed by atoms with Crippen LogP contribution in [0.4, 0.5) is 19.3 Å². The molecular formula is C15H14F2N2O. The van der Waals surface area contributed by atoms with Gasteiger partial charge in [0.1, 0.15) is 5.82 Å². The average Bonchev–Trinajstić information content (AvgIpc) is 2.46. The molecule has 0 unspecified atom stereocenters. The van der Waals surface area contributed by atoms with Crippen LogP contribution in [0.3, 0.4) is 0 Å². The molecule has 2 rings (SSSR count). The van der Waals surface area contributed by atoms with Gasteiger partial charge < -0.3 is 5.32 Å². The van der Waals surface area contributed by atoms with Crippen LogP contribution in [0, 0.1) is 11.6 Å². The van der Waals surface area contributed by atoms with Gasteiger partial charge in [-0.05, 0) is 11.6 Å². The molecule has 0 aliphatic carbocycles. The highest BCUT2D eigenvalue weighted by Gasteiger charge is 2.20. The summed E-state index contributed by atoms with van der Waals surface area (Å²) in [6.07, 6.45) is 0. The Kier molecular flexibility index (Phi) is 3.98. The summed E-state index contributed by atoms with van der Waals surface area (Å²) in [7, 11) is 2.88. The van der Waals surface area contributed by atoms with Gasteiger partial charge in [0.15, 0.2) is 5.82 Å². The zero-order chi connectivity index (χ0) is 14.7. The molecule has 0 saturated carbocycles. The van der Waals surface area contributed by atoms with E-state index in [2.05, 4.69) is 5.32 Å². The lowest BCUT2D eigenvalue weighted by atomic mass is 10.0. The molecule has 0 atom stereocenters. The molecule has 0 fully saturated rings. The minimum absolute atomic E-state index is 0.0388. The number of nitrogens with one attached hydrogen (secondary N) is 1. The standard InChI is InChI=1S/C15H14F2N2O/c1-18-15(20)19(2)14-12(8-11(16)9-13(14)17)10-6-4-3-5-7-10/h3-9H,1-2H3,(H,18,20). The summed E-state index contributed by atoms with van der Waals surface area (Å²) in [6.45, 7) is 0. The van der Waals surface area contributed by atoms with Gasteiger partial charge in [-0.3, -0.25) is 4.90 Å². The van der Waals surface area contributed by atoms with E-state index in [4.69, 9.17) is 0 Å². The van der Waals surface area contributed by atoms with E-state index >= 15 is 0 Å². The van der Waals surface area contributed by atoms with Crippen molar-refractivity contribution in [3.05, 3.63) is 54.1 Å². The molecule has 104 valence electrons. The van der Waals surface area contributed by atoms with E-state index in [0.717, 1.165) is 11.0 Å². The average molecular weight is 276 g/mol. The van der Waals surface area contributed by atoms with E-state index in [0.29, 0.717) is 11.1 Å². The van der Waals surface area contributed by atoms with Crippen LogP contribution in [0.2, 0.25) is 0 Å². The molecular weight excluding hydrogens is 262 g/mol. The molecule has 0 bridgehead atoms. The predicted octanol–water partition coefficient (Wildman–Crippen LogP) is 3.41. The van der Waals surface area contributed by atoms with Crippen LogP contribution in [0.25, 0.3) is 11.1 Å². The predicted molar refractivity (Wildman–Crippen MR) is 74.7 cm³/mol. The minimum atomic E-state index is -0.782. The zero-order valence-electron chi connectivity index (χ0n) is 11.2. The zero-order valence-corrected chi connectivity index (χ0v) is 11.2. The third-order valence-electron chi connectivity index (χ3n) is 2.97. The van der Waals surface area contributed by atoms with Crippen LogP contribution in [0.1, 0.15) is 0 Å². The van der Waals surface area contributed by atoms with Gasteiger partial charge in [-0.2, -0.15) is 0 Å². The Morgan fingerprint density at radius 2 is 1.80 bits per heavy atom. The normalized spacial score (nSPS) is 10.2. The number of amides is 2. The topological polar surface area (TPSA) is 32.3 Å². The first-order valence-electron chi connectivity index (χ1n) is 6.04. The molecule has 2 amide bonds. The summed E-state index contributed by atoms with van der Waals surface area (Å²) in [5.74, 6) is -1.47. The fraction of sp³-hybridized carbons (Fsp3) is 0.133. The van der Waals surface area contributed by atoms with Crippen molar-refractivity contribution in [2.45, 2.75) is 0 Å². The number of benzene rings is 2. The second-order valence-corrected chi connectivity index (χ2v) is 4.26. The molecule has 2 aromatic rings. The maximum absolute atomic E-state index is 14.1. The van der Waals surface area contributed by atoms with Gasteiger partial charge in [-0.15, -0.1) is 0 Å². The number of carbonyl (C=O) groups is 1. The van der Waals surface area contributed by atoms with Crippen LogP contribution in [0.5, 0.6) is 0 Å². The van der Waals surface area contributed by atoms with Gasteiger partial charge in [0.05, 0.1) is 5.69 Å². The van der Waals surface area contributed by atoms with Gasteiger partial charge >= 0.3 is 6.03 Å². The molecule has 0 saturated heterocycles. The number of halogens is 2. The van der Waals surface area contributed by atoms with Crippen LogP contribution >= 0.6 is 0 Å². The van der Waals surface area contributed by atoms with E-state index in [1.807, 2.05) is 0 Å². The molecule has 0 radical (unpaired) electrons. The molecule has 0 aliphatic heterocycles. The summed E-state index contributed by atoms with van der Waals surface area (Å²) in [5.41, 5.74) is 1.00. The molecule has 0 heterocycles. The monoisotopic (exact) mass is 276 g/mol. The maximum atomic E-state index is 14.1. The number of urea groups is 1. The summed E-state index contributed by atoms with van der Waals surface area (Å²) in [5, 5.41) is 2.41. The van der Waals surface area contributed by atoms with E-state index in [1.54, 1.807) is 30.3 Å². The SMILES string of the molecule is CNC(=O)N(C)c1c(F)cc(F)cc1-c1ccccc1. The summed E-state index contributed by atoms with van der Waals surface area (Å²) < 4.78 is 27.6. The maximum Gasteiger partial charge on any atom is 0.321 e. The van der Waals surface area contributed by atoms with Crippen LogP contribution in [-0.2, 0) is 0 Å². The number of anilines is 1. The number of nitrogens with zero attached hydrogens (tertiary/aromatic N) is 1. The summed E-state index contributed by atoms with van der Waals surface area (Å²) in [4.78, 5) is 12.8. The first-order chi connectivity index (χ1) is 9.54. The summed E-state index contributed by atoms with van der Waals surface area (Å²) >= 11 is 0. The molecule has 2 aromatic carbocycles. The molecule has 3 nitrogen and oxygen atoms in total. The molecule has 0 spiro atoms. The van der Waals surface area contributed by atoms with Crippen molar-refractivity contribution < 1.29 is 13.6 Å². The number of hydrogen-bond acceptors (Lipinski definition) is 1. The Labute approximate surface area is 115 Å². The number of hydrogen-bond donors (Lipinski definition) is 1. The highest BCUT2D eigenvalue weighted by molar-refractivity contribution is 5.96. The summed E-state index contributed by atoms with van der Waals surface area (Å²) in [6, 6.07) is 10.3. The first-order valence-corrected chi connectivity index (χ1v) is 6.04. The Hall–Kier alpha value is -2.43. The van der Waals surface area contributed by atoms with Gasteiger partial charge in [-0.1, -0.05) is 30.3 Å². The molecule has 5 heteroatoms. The highest BCUT2D eigenvalue weighted by Crippen LogP contribution is 2.33. The second kappa shape index (κ2) is 5.69. The Morgan fingerprint density at radius 1 is 1.15 bits per heavy atom. The first kappa shape index (κ1) is 14.0. The van der Waals surface area contributed by atoms with Crippen molar-refractivity contribution in [2.75, 3.05) is 19.0 Å². The van der Waals surface area contributed by atoms with Crippen molar-refractivity contribution in [1.29, 1.82) is 0 Å². The van der Waals surface area contributed by atoms with Crippen molar-refractivity contribution in [1.82, 2.24) is 5.32 Å². The number of carbonyl (C=O) groups excluding carboxylic acids is 1. The quantitative estimate of drug-likeness (QED) is 0.895.